The average molecular weight is 405 g/mol. The summed E-state index contributed by atoms with van der Waals surface area (Å²) in [6.07, 6.45) is -4.68. The maximum absolute atomic E-state index is 13.0. The van der Waals surface area contributed by atoms with Gasteiger partial charge in [0.1, 0.15) is 9.88 Å². The number of carbonyl (C=O) groups excluding carboxylic acids is 2. The predicted molar refractivity (Wildman–Crippen MR) is 98.7 cm³/mol. The van der Waals surface area contributed by atoms with Crippen LogP contribution in [-0.4, -0.2) is 16.8 Å². The molecule has 2 amide bonds. The fraction of sp³-hybridized carbons (Fsp3) is 0.105. The van der Waals surface area contributed by atoms with Gasteiger partial charge in [-0.3, -0.25) is 20.4 Å². The van der Waals surface area contributed by atoms with E-state index in [2.05, 4.69) is 10.4 Å². The Kier molecular flexibility index (Phi) is 5.46. The molecule has 0 spiro atoms. The van der Waals surface area contributed by atoms with Gasteiger partial charge in [-0.15, -0.1) is 11.3 Å². The number of nitrogens with zero attached hydrogens (tertiary/aromatic N) is 1. The van der Waals surface area contributed by atoms with Gasteiger partial charge >= 0.3 is 6.18 Å². The molecule has 0 radical (unpaired) electrons. The molecular weight excluding hydrogens is 391 g/mol. The highest BCUT2D eigenvalue weighted by Crippen LogP contribution is 2.32. The molecule has 0 saturated carbocycles. The molecule has 28 heavy (non-hydrogen) atoms. The van der Waals surface area contributed by atoms with E-state index in [0.29, 0.717) is 10.7 Å². The molecule has 0 fully saturated rings. The third kappa shape index (κ3) is 4.20. The van der Waals surface area contributed by atoms with Gasteiger partial charge in [0.2, 0.25) is 0 Å². The number of benzene rings is 2. The molecule has 0 saturated heterocycles. The van der Waals surface area contributed by atoms with Gasteiger partial charge < -0.3 is 0 Å². The summed E-state index contributed by atoms with van der Waals surface area (Å²) >= 11 is 1.12. The fourth-order valence-electron chi connectivity index (χ4n) is 2.48. The highest BCUT2D eigenvalue weighted by molar-refractivity contribution is 7.17. The zero-order valence-electron chi connectivity index (χ0n) is 14.5. The number of amides is 2. The molecule has 1 heterocycles. The molecule has 0 unspecified atom stereocenters. The monoisotopic (exact) mass is 405 g/mol. The van der Waals surface area contributed by atoms with Gasteiger partial charge in [0.05, 0.1) is 16.8 Å². The number of carbonyl (C=O) groups is 2. The second kappa shape index (κ2) is 7.81. The third-order valence-electron chi connectivity index (χ3n) is 3.79. The number of thiazole rings is 1. The van der Waals surface area contributed by atoms with Crippen LogP contribution in [0.4, 0.5) is 13.2 Å². The number of aryl methyl sites for hydroxylation is 1. The second-order valence-corrected chi connectivity index (χ2v) is 6.75. The van der Waals surface area contributed by atoms with Crippen molar-refractivity contribution in [3.63, 3.8) is 0 Å². The first-order chi connectivity index (χ1) is 13.3. The van der Waals surface area contributed by atoms with E-state index >= 15 is 0 Å². The van der Waals surface area contributed by atoms with Crippen LogP contribution in [0.1, 0.15) is 31.3 Å². The molecule has 2 N–H and O–H groups in total. The molecular formula is C19H14F3N3O2S. The smallest absolute Gasteiger partial charge is 0.267 e. The van der Waals surface area contributed by atoms with E-state index in [1.54, 1.807) is 6.92 Å². The van der Waals surface area contributed by atoms with E-state index in [-0.39, 0.29) is 4.88 Å². The minimum Gasteiger partial charge on any atom is -0.267 e. The first kappa shape index (κ1) is 19.6. The molecule has 3 aromatic rings. The van der Waals surface area contributed by atoms with E-state index in [1.165, 1.54) is 12.1 Å². The lowest BCUT2D eigenvalue weighted by Crippen LogP contribution is -2.42. The Bertz CT molecular complexity index is 1020. The quantitative estimate of drug-likeness (QED) is 0.642. The van der Waals surface area contributed by atoms with Crippen LogP contribution in [-0.2, 0) is 6.18 Å². The van der Waals surface area contributed by atoms with Crippen molar-refractivity contribution in [2.24, 2.45) is 0 Å². The molecule has 0 aliphatic carbocycles. The van der Waals surface area contributed by atoms with Gasteiger partial charge in [-0.2, -0.15) is 13.2 Å². The van der Waals surface area contributed by atoms with Crippen molar-refractivity contribution in [2.75, 3.05) is 0 Å². The number of alkyl halides is 3. The van der Waals surface area contributed by atoms with Gasteiger partial charge in [-0.1, -0.05) is 42.5 Å². The molecule has 5 nitrogen and oxygen atoms in total. The molecule has 0 aliphatic rings. The zero-order valence-corrected chi connectivity index (χ0v) is 15.3. The molecule has 3 rings (SSSR count). The van der Waals surface area contributed by atoms with Crippen LogP contribution in [0.3, 0.4) is 0 Å². The van der Waals surface area contributed by atoms with E-state index in [1.807, 2.05) is 35.8 Å². The van der Waals surface area contributed by atoms with Crippen molar-refractivity contribution in [3.8, 4) is 10.6 Å². The summed E-state index contributed by atoms with van der Waals surface area (Å²) in [7, 11) is 0. The SMILES string of the molecule is Cc1nc(-c2ccccc2)sc1C(=O)NNC(=O)c1ccccc1C(F)(F)F. The van der Waals surface area contributed by atoms with Crippen LogP contribution >= 0.6 is 11.3 Å². The van der Waals surface area contributed by atoms with Crippen molar-refractivity contribution >= 4 is 23.2 Å². The third-order valence-corrected chi connectivity index (χ3v) is 5.00. The van der Waals surface area contributed by atoms with Crippen LogP contribution in [0.15, 0.2) is 54.6 Å². The molecule has 0 atom stereocenters. The lowest BCUT2D eigenvalue weighted by atomic mass is 10.1. The lowest BCUT2D eigenvalue weighted by Gasteiger charge is -2.12. The summed E-state index contributed by atoms with van der Waals surface area (Å²) in [5.74, 6) is -1.72. The Labute approximate surface area is 162 Å². The van der Waals surface area contributed by atoms with Gasteiger partial charge in [-0.25, -0.2) is 4.98 Å². The Morgan fingerprint density at radius 3 is 2.21 bits per heavy atom. The molecule has 144 valence electrons. The van der Waals surface area contributed by atoms with Gasteiger partial charge in [0.15, 0.2) is 0 Å². The molecule has 2 aromatic carbocycles. The van der Waals surface area contributed by atoms with Crippen molar-refractivity contribution in [3.05, 3.63) is 76.3 Å². The number of nitrogens with one attached hydrogen (secondary N) is 2. The first-order valence-electron chi connectivity index (χ1n) is 8.07. The fourth-order valence-corrected chi connectivity index (χ4v) is 3.44. The number of hydrogen-bond acceptors (Lipinski definition) is 4. The average Bonchev–Trinajstić information content (AvgIpc) is 3.07. The van der Waals surface area contributed by atoms with Crippen LogP contribution in [0, 0.1) is 6.92 Å². The molecule has 1 aromatic heterocycles. The van der Waals surface area contributed by atoms with Crippen LogP contribution in [0.2, 0.25) is 0 Å². The normalized spacial score (nSPS) is 11.1. The Morgan fingerprint density at radius 2 is 1.54 bits per heavy atom. The summed E-state index contributed by atoms with van der Waals surface area (Å²) in [6, 6.07) is 13.5. The standard InChI is InChI=1S/C19H14F3N3O2S/c1-11-15(28-18(23-11)12-7-3-2-4-8-12)17(27)25-24-16(26)13-9-5-6-10-14(13)19(20,21)22/h2-10H,1H3,(H,24,26)(H,25,27). The highest BCUT2D eigenvalue weighted by Gasteiger charge is 2.35. The number of rotatable bonds is 3. The molecule has 0 bridgehead atoms. The number of aromatic nitrogens is 1. The summed E-state index contributed by atoms with van der Waals surface area (Å²) in [4.78, 5) is 29.1. The minimum absolute atomic E-state index is 0.253. The highest BCUT2D eigenvalue weighted by atomic mass is 32.1. The van der Waals surface area contributed by atoms with Gasteiger partial charge in [0, 0.05) is 5.56 Å². The van der Waals surface area contributed by atoms with E-state index in [4.69, 9.17) is 0 Å². The summed E-state index contributed by atoms with van der Waals surface area (Å²) in [5.41, 5.74) is 3.79. The Hall–Kier alpha value is -3.20. The predicted octanol–water partition coefficient (Wildman–Crippen LogP) is 4.21. The van der Waals surface area contributed by atoms with Crippen LogP contribution in [0.5, 0.6) is 0 Å². The van der Waals surface area contributed by atoms with Crippen molar-refractivity contribution in [1.82, 2.24) is 15.8 Å². The lowest BCUT2D eigenvalue weighted by molar-refractivity contribution is -0.137. The topological polar surface area (TPSA) is 71.1 Å². The largest absolute Gasteiger partial charge is 0.417 e. The maximum Gasteiger partial charge on any atom is 0.417 e. The van der Waals surface area contributed by atoms with E-state index in [9.17, 15) is 22.8 Å². The molecule has 0 aliphatic heterocycles. The second-order valence-electron chi connectivity index (χ2n) is 5.75. The van der Waals surface area contributed by atoms with Gasteiger partial charge in [0.25, 0.3) is 11.8 Å². The Morgan fingerprint density at radius 1 is 0.929 bits per heavy atom. The molecule has 9 heteroatoms. The van der Waals surface area contributed by atoms with Crippen LogP contribution < -0.4 is 10.9 Å². The number of hydrogen-bond donors (Lipinski definition) is 2. The number of hydrazine groups is 1. The summed E-state index contributed by atoms with van der Waals surface area (Å²) in [5, 5.41) is 0.622. The van der Waals surface area contributed by atoms with Gasteiger partial charge in [-0.05, 0) is 19.1 Å². The Balaban J connectivity index is 1.73. The maximum atomic E-state index is 13.0. The van der Waals surface area contributed by atoms with Crippen LogP contribution in [0.25, 0.3) is 10.6 Å². The summed E-state index contributed by atoms with van der Waals surface area (Å²) < 4.78 is 39.0. The summed E-state index contributed by atoms with van der Waals surface area (Å²) in [6.45, 7) is 1.64. The van der Waals surface area contributed by atoms with E-state index < -0.39 is 29.1 Å². The first-order valence-corrected chi connectivity index (χ1v) is 8.89. The van der Waals surface area contributed by atoms with Crippen molar-refractivity contribution in [1.29, 1.82) is 0 Å². The number of halogens is 3. The zero-order chi connectivity index (χ0) is 20.3. The van der Waals surface area contributed by atoms with Crippen molar-refractivity contribution < 1.29 is 22.8 Å². The van der Waals surface area contributed by atoms with E-state index in [0.717, 1.165) is 29.0 Å². The minimum atomic E-state index is -4.68. The van der Waals surface area contributed by atoms with Crippen molar-refractivity contribution in [2.45, 2.75) is 13.1 Å².